The lowest BCUT2D eigenvalue weighted by Gasteiger charge is -2.57. The lowest BCUT2D eigenvalue weighted by atomic mass is 9.47. The zero-order valence-corrected chi connectivity index (χ0v) is 17.9. The Hall–Kier alpha value is -1.09. The minimum Gasteiger partial charge on any atom is -0.463 e. The standard InChI is InChI=1S/C24H38O3/c1-6-19(25)15-27-22(26)24(5)13-7-12-23(4)20-10-8-17(16(2)3)14-18(20)9-11-21(23)24/h9,14,16,19-21,25H,6-8,10-13,15H2,1-5H3. The average Bonchev–Trinajstić information content (AvgIpc) is 2.65. The van der Waals surface area contributed by atoms with Crippen LogP contribution in [-0.4, -0.2) is 23.8 Å². The molecule has 1 N–H and O–H groups in total. The van der Waals surface area contributed by atoms with Crippen LogP contribution in [0.3, 0.4) is 0 Å². The third-order valence-corrected chi connectivity index (χ3v) is 7.92. The Morgan fingerprint density at radius 1 is 1.33 bits per heavy atom. The molecule has 0 aromatic rings. The van der Waals surface area contributed by atoms with Gasteiger partial charge in [-0.15, -0.1) is 0 Å². The number of allylic oxidation sites excluding steroid dienone is 4. The van der Waals surface area contributed by atoms with E-state index in [9.17, 15) is 9.90 Å². The lowest BCUT2D eigenvalue weighted by molar-refractivity contribution is -0.172. The Morgan fingerprint density at radius 2 is 2.07 bits per heavy atom. The van der Waals surface area contributed by atoms with Crippen molar-refractivity contribution in [2.24, 2.45) is 28.6 Å². The van der Waals surface area contributed by atoms with Crippen LogP contribution in [0.15, 0.2) is 23.3 Å². The largest absolute Gasteiger partial charge is 0.463 e. The zero-order chi connectivity index (χ0) is 19.8. The van der Waals surface area contributed by atoms with Gasteiger partial charge >= 0.3 is 5.97 Å². The maximum atomic E-state index is 13.1. The third kappa shape index (κ3) is 3.64. The van der Waals surface area contributed by atoms with E-state index in [2.05, 4.69) is 39.8 Å². The van der Waals surface area contributed by atoms with Crippen LogP contribution < -0.4 is 0 Å². The highest BCUT2D eigenvalue weighted by Gasteiger charge is 2.57. The molecule has 0 aliphatic heterocycles. The van der Waals surface area contributed by atoms with Gasteiger partial charge in [0.25, 0.3) is 0 Å². The molecule has 0 saturated heterocycles. The molecule has 3 rings (SSSR count). The van der Waals surface area contributed by atoms with E-state index in [4.69, 9.17) is 4.74 Å². The van der Waals surface area contributed by atoms with Gasteiger partial charge in [-0.2, -0.15) is 0 Å². The first-order valence-electron chi connectivity index (χ1n) is 11.0. The van der Waals surface area contributed by atoms with Crippen molar-refractivity contribution in [2.45, 2.75) is 85.7 Å². The molecule has 0 bridgehead atoms. The fourth-order valence-electron chi connectivity index (χ4n) is 6.04. The van der Waals surface area contributed by atoms with Gasteiger partial charge in [-0.25, -0.2) is 0 Å². The van der Waals surface area contributed by atoms with E-state index in [0.717, 1.165) is 19.3 Å². The summed E-state index contributed by atoms with van der Waals surface area (Å²) in [7, 11) is 0. The van der Waals surface area contributed by atoms with E-state index in [0.29, 0.717) is 24.2 Å². The Kier molecular flexibility index (Phi) is 5.91. The van der Waals surface area contributed by atoms with Crippen molar-refractivity contribution < 1.29 is 14.6 Å². The number of hydrogen-bond donors (Lipinski definition) is 1. The van der Waals surface area contributed by atoms with E-state index < -0.39 is 11.5 Å². The van der Waals surface area contributed by atoms with Crippen molar-refractivity contribution >= 4 is 5.97 Å². The van der Waals surface area contributed by atoms with E-state index in [1.165, 1.54) is 24.8 Å². The second-order valence-corrected chi connectivity index (χ2v) is 9.89. The van der Waals surface area contributed by atoms with E-state index >= 15 is 0 Å². The fraction of sp³-hybridized carbons (Fsp3) is 0.792. The second-order valence-electron chi connectivity index (χ2n) is 9.89. The molecular formula is C24H38O3. The Balaban J connectivity index is 1.85. The predicted octanol–water partition coefficient (Wildman–Crippen LogP) is 5.44. The number of carbonyl (C=O) groups is 1. The molecule has 3 heteroatoms. The van der Waals surface area contributed by atoms with Crippen LogP contribution in [0, 0.1) is 28.6 Å². The number of carbonyl (C=O) groups excluding carboxylic acids is 1. The minimum absolute atomic E-state index is 0.100. The molecule has 1 saturated carbocycles. The van der Waals surface area contributed by atoms with Gasteiger partial charge in [0.05, 0.1) is 11.5 Å². The van der Waals surface area contributed by atoms with Gasteiger partial charge in [-0.1, -0.05) is 51.8 Å². The van der Waals surface area contributed by atoms with Gasteiger partial charge in [0.2, 0.25) is 0 Å². The number of fused-ring (bicyclic) bond motifs is 3. The number of aliphatic hydroxyl groups is 1. The molecule has 0 heterocycles. The van der Waals surface area contributed by atoms with Crippen molar-refractivity contribution in [3.8, 4) is 0 Å². The Morgan fingerprint density at radius 3 is 2.74 bits per heavy atom. The first-order valence-corrected chi connectivity index (χ1v) is 11.0. The highest BCUT2D eigenvalue weighted by atomic mass is 16.5. The predicted molar refractivity (Wildman–Crippen MR) is 109 cm³/mol. The van der Waals surface area contributed by atoms with Gasteiger partial charge in [-0.05, 0) is 74.2 Å². The van der Waals surface area contributed by atoms with Crippen molar-refractivity contribution in [1.82, 2.24) is 0 Å². The van der Waals surface area contributed by atoms with Gasteiger partial charge in [0.1, 0.15) is 6.61 Å². The number of esters is 1. The summed E-state index contributed by atoms with van der Waals surface area (Å²) in [5.74, 6) is 1.41. The fourth-order valence-corrected chi connectivity index (χ4v) is 6.04. The monoisotopic (exact) mass is 374 g/mol. The molecule has 0 aromatic heterocycles. The summed E-state index contributed by atoms with van der Waals surface area (Å²) in [4.78, 5) is 13.1. The number of ether oxygens (including phenoxy) is 1. The summed E-state index contributed by atoms with van der Waals surface area (Å²) in [6.45, 7) is 11.2. The van der Waals surface area contributed by atoms with Gasteiger partial charge < -0.3 is 9.84 Å². The molecule has 152 valence electrons. The molecule has 5 atom stereocenters. The number of hydrogen-bond acceptors (Lipinski definition) is 3. The molecule has 0 aromatic carbocycles. The summed E-state index contributed by atoms with van der Waals surface area (Å²) in [6.07, 6.45) is 11.5. The SMILES string of the molecule is CCC(O)COC(=O)C1(C)CCCC2(C)C3CCC(C(C)C)=CC3=CCC12. The maximum Gasteiger partial charge on any atom is 0.312 e. The quantitative estimate of drug-likeness (QED) is 0.652. The summed E-state index contributed by atoms with van der Waals surface area (Å²) in [6, 6.07) is 0. The topological polar surface area (TPSA) is 46.5 Å². The normalized spacial score (nSPS) is 37.0. The summed E-state index contributed by atoms with van der Waals surface area (Å²) in [5, 5.41) is 9.80. The summed E-state index contributed by atoms with van der Waals surface area (Å²) in [5.41, 5.74) is 2.82. The van der Waals surface area contributed by atoms with E-state index in [-0.39, 0.29) is 18.0 Å². The Labute approximate surface area is 165 Å². The molecule has 27 heavy (non-hydrogen) atoms. The lowest BCUT2D eigenvalue weighted by Crippen LogP contribution is -2.53. The molecular weight excluding hydrogens is 336 g/mol. The molecule has 0 amide bonds. The van der Waals surface area contributed by atoms with Crippen molar-refractivity contribution in [3.05, 3.63) is 23.3 Å². The van der Waals surface area contributed by atoms with Crippen LogP contribution in [0.1, 0.15) is 79.6 Å². The van der Waals surface area contributed by atoms with E-state index in [1.54, 1.807) is 5.57 Å². The third-order valence-electron chi connectivity index (χ3n) is 7.92. The molecule has 0 spiro atoms. The molecule has 0 radical (unpaired) electrons. The van der Waals surface area contributed by atoms with Crippen molar-refractivity contribution in [3.63, 3.8) is 0 Å². The minimum atomic E-state index is -0.552. The first kappa shape index (κ1) is 20.6. The van der Waals surface area contributed by atoms with Gasteiger partial charge in [0.15, 0.2) is 0 Å². The van der Waals surface area contributed by atoms with Crippen LogP contribution in [0.4, 0.5) is 0 Å². The number of aliphatic hydroxyl groups excluding tert-OH is 1. The van der Waals surface area contributed by atoms with Crippen LogP contribution in [0.25, 0.3) is 0 Å². The smallest absolute Gasteiger partial charge is 0.312 e. The highest BCUT2D eigenvalue weighted by molar-refractivity contribution is 5.77. The van der Waals surface area contributed by atoms with Crippen molar-refractivity contribution in [2.75, 3.05) is 6.61 Å². The van der Waals surface area contributed by atoms with E-state index in [1.807, 2.05) is 6.92 Å². The average molecular weight is 375 g/mol. The molecule has 5 unspecified atom stereocenters. The second kappa shape index (κ2) is 7.73. The Bertz CT molecular complexity index is 632. The van der Waals surface area contributed by atoms with Gasteiger partial charge in [0, 0.05) is 0 Å². The molecule has 1 fully saturated rings. The van der Waals surface area contributed by atoms with Crippen LogP contribution >= 0.6 is 0 Å². The molecule has 3 aliphatic rings. The van der Waals surface area contributed by atoms with Gasteiger partial charge in [-0.3, -0.25) is 4.79 Å². The summed E-state index contributed by atoms with van der Waals surface area (Å²) >= 11 is 0. The number of rotatable bonds is 5. The highest BCUT2D eigenvalue weighted by Crippen LogP contribution is 2.62. The van der Waals surface area contributed by atoms with Crippen LogP contribution in [0.2, 0.25) is 0 Å². The van der Waals surface area contributed by atoms with Crippen LogP contribution in [-0.2, 0) is 9.53 Å². The molecule has 3 nitrogen and oxygen atoms in total. The van der Waals surface area contributed by atoms with Crippen molar-refractivity contribution in [1.29, 1.82) is 0 Å². The molecule has 3 aliphatic carbocycles. The summed E-state index contributed by atoms with van der Waals surface area (Å²) < 4.78 is 5.59. The van der Waals surface area contributed by atoms with Crippen LogP contribution in [0.5, 0.6) is 0 Å². The first-order chi connectivity index (χ1) is 12.7. The zero-order valence-electron chi connectivity index (χ0n) is 17.9. The maximum absolute atomic E-state index is 13.1.